The molecule has 3 rings (SSSR count). The number of esters is 3. The predicted octanol–water partition coefficient (Wildman–Crippen LogP) is 2.09. The summed E-state index contributed by atoms with van der Waals surface area (Å²) < 4.78 is 36.5. The molecule has 0 radical (unpaired) electrons. The zero-order chi connectivity index (χ0) is 24.8. The molecule has 1 aliphatic rings. The van der Waals surface area contributed by atoms with Gasteiger partial charge in [-0.2, -0.15) is 0 Å². The summed E-state index contributed by atoms with van der Waals surface area (Å²) in [7, 11) is 0. The van der Waals surface area contributed by atoms with E-state index in [9.17, 15) is 18.8 Å². The molecule has 0 bridgehead atoms. The van der Waals surface area contributed by atoms with Crippen LogP contribution in [0.2, 0.25) is 0 Å². The molecule has 2 aromatic rings. The summed E-state index contributed by atoms with van der Waals surface area (Å²) in [6.45, 7) is 3.10. The molecule has 1 saturated heterocycles. The molecule has 3 unspecified atom stereocenters. The fraction of sp³-hybridized carbons (Fsp3) is 0.450. The second-order valence-corrected chi connectivity index (χ2v) is 7.31. The maximum absolute atomic E-state index is 13.7. The van der Waals surface area contributed by atoms with Crippen molar-refractivity contribution < 1.29 is 37.7 Å². The van der Waals surface area contributed by atoms with Gasteiger partial charge in [-0.1, -0.05) is 22.5 Å². The molecule has 13 nitrogen and oxygen atoms in total. The fourth-order valence-corrected chi connectivity index (χ4v) is 3.55. The van der Waals surface area contributed by atoms with Gasteiger partial charge >= 0.3 is 17.9 Å². The van der Waals surface area contributed by atoms with Gasteiger partial charge in [-0.05, 0) is 17.7 Å². The topological polar surface area (TPSA) is 168 Å². The van der Waals surface area contributed by atoms with E-state index in [0.717, 1.165) is 13.8 Å². The van der Waals surface area contributed by atoms with Crippen molar-refractivity contribution in [1.82, 2.24) is 15.0 Å². The molecule has 1 aromatic carbocycles. The smallest absolute Gasteiger partial charge is 0.303 e. The Hall–Kier alpha value is -4.03. The molecular formula is C20H21FN6O7. The molecule has 34 heavy (non-hydrogen) atoms. The van der Waals surface area contributed by atoms with Crippen molar-refractivity contribution in [3.05, 3.63) is 46.7 Å². The molecule has 0 aliphatic carbocycles. The first-order chi connectivity index (χ1) is 16.2. The molecule has 180 valence electrons. The molecule has 1 fully saturated rings. The number of hydrogen-bond acceptors (Lipinski definition) is 10. The van der Waals surface area contributed by atoms with Crippen LogP contribution in [0.25, 0.3) is 21.7 Å². The summed E-state index contributed by atoms with van der Waals surface area (Å²) in [6, 6.07) is 4.52. The third-order valence-corrected chi connectivity index (χ3v) is 4.79. The highest BCUT2D eigenvalue weighted by molar-refractivity contribution is 5.67. The number of aromatic nitrogens is 3. The molecule has 0 N–H and O–H groups in total. The lowest BCUT2D eigenvalue weighted by Gasteiger charge is -2.43. The van der Waals surface area contributed by atoms with Crippen LogP contribution in [0.3, 0.4) is 0 Å². The van der Waals surface area contributed by atoms with Crippen LogP contribution >= 0.6 is 0 Å². The number of benzene rings is 1. The Bertz CT molecular complexity index is 1120. The van der Waals surface area contributed by atoms with Crippen LogP contribution in [0.5, 0.6) is 0 Å². The minimum absolute atomic E-state index is 0.269. The first-order valence-corrected chi connectivity index (χ1v) is 10.0. The lowest BCUT2D eigenvalue weighted by atomic mass is 9.95. The highest BCUT2D eigenvalue weighted by atomic mass is 19.1. The Morgan fingerprint density at radius 2 is 1.88 bits per heavy atom. The van der Waals surface area contributed by atoms with Gasteiger partial charge < -0.3 is 18.9 Å². The SMILES string of the molecule is CC(=O)OCC1OC(N=[N+]=[N-])[C@@H](OC(C)=O)C(n2cc(-c3cccc(F)c3)nn2)[C@H]1OC(C)=O. The van der Waals surface area contributed by atoms with E-state index in [0.29, 0.717) is 5.56 Å². The van der Waals surface area contributed by atoms with Crippen molar-refractivity contribution in [2.75, 3.05) is 6.61 Å². The summed E-state index contributed by atoms with van der Waals surface area (Å²) in [5.74, 6) is -2.56. The molecule has 5 atom stereocenters. The standard InChI is InChI=1S/C20H21FN6O7/c1-10(28)31-9-16-18(32-11(2)29)17(19(33-12(3)30)20(34-16)24-25-22)27-8-15(23-26-27)13-5-4-6-14(21)7-13/h4-8,16-20H,9H2,1-3H3/t16?,17?,18-,19-,20?/m0/s1. The van der Waals surface area contributed by atoms with E-state index < -0.39 is 54.3 Å². The third kappa shape index (κ3) is 5.85. The average molecular weight is 476 g/mol. The maximum atomic E-state index is 13.7. The normalized spacial score (nSPS) is 23.9. The summed E-state index contributed by atoms with van der Waals surface area (Å²) in [5, 5.41) is 11.6. The van der Waals surface area contributed by atoms with Gasteiger partial charge in [0.1, 0.15) is 30.3 Å². The zero-order valence-corrected chi connectivity index (χ0v) is 18.4. The van der Waals surface area contributed by atoms with Crippen LogP contribution in [0.1, 0.15) is 26.8 Å². The first-order valence-electron chi connectivity index (χ1n) is 10.0. The number of ether oxygens (including phenoxy) is 4. The van der Waals surface area contributed by atoms with Crippen molar-refractivity contribution in [3.8, 4) is 11.3 Å². The highest BCUT2D eigenvalue weighted by Crippen LogP contribution is 2.36. The van der Waals surface area contributed by atoms with Gasteiger partial charge in [-0.3, -0.25) is 14.4 Å². The summed E-state index contributed by atoms with van der Waals surface area (Å²) >= 11 is 0. The zero-order valence-electron chi connectivity index (χ0n) is 18.4. The van der Waals surface area contributed by atoms with Gasteiger partial charge in [0.2, 0.25) is 0 Å². The van der Waals surface area contributed by atoms with Crippen molar-refractivity contribution in [1.29, 1.82) is 0 Å². The molecule has 0 saturated carbocycles. The maximum Gasteiger partial charge on any atom is 0.303 e. The second kappa shape index (κ2) is 10.7. The van der Waals surface area contributed by atoms with Crippen molar-refractivity contribution in [2.45, 2.75) is 51.4 Å². The number of halogens is 1. The first kappa shape index (κ1) is 24.6. The van der Waals surface area contributed by atoms with Crippen molar-refractivity contribution in [2.24, 2.45) is 5.11 Å². The minimum atomic E-state index is -1.38. The Morgan fingerprint density at radius 3 is 2.50 bits per heavy atom. The lowest BCUT2D eigenvalue weighted by molar-refractivity contribution is -0.227. The van der Waals surface area contributed by atoms with E-state index >= 15 is 0 Å². The van der Waals surface area contributed by atoms with Crippen LogP contribution in [-0.4, -0.2) is 64.0 Å². The van der Waals surface area contributed by atoms with Crippen LogP contribution in [0.15, 0.2) is 35.6 Å². The molecule has 1 aliphatic heterocycles. The average Bonchev–Trinajstić information content (AvgIpc) is 3.23. The van der Waals surface area contributed by atoms with Crippen molar-refractivity contribution in [3.63, 3.8) is 0 Å². The number of rotatable bonds is 7. The molecule has 14 heteroatoms. The molecule has 0 amide bonds. The summed E-state index contributed by atoms with van der Waals surface area (Å²) in [5.41, 5.74) is 9.70. The largest absolute Gasteiger partial charge is 0.463 e. The summed E-state index contributed by atoms with van der Waals surface area (Å²) in [6.07, 6.45) is -3.56. The van der Waals surface area contributed by atoms with Gasteiger partial charge in [-0.25, -0.2) is 9.07 Å². The van der Waals surface area contributed by atoms with Crippen molar-refractivity contribution >= 4 is 17.9 Å². The third-order valence-electron chi connectivity index (χ3n) is 4.79. The Kier molecular flexibility index (Phi) is 7.76. The number of nitrogens with zero attached hydrogens (tertiary/aromatic N) is 6. The highest BCUT2D eigenvalue weighted by Gasteiger charge is 2.51. The molecular weight excluding hydrogens is 455 g/mol. The van der Waals surface area contributed by atoms with E-state index in [2.05, 4.69) is 20.3 Å². The molecule has 2 heterocycles. The Morgan fingerprint density at radius 1 is 1.18 bits per heavy atom. The Labute approximate surface area is 192 Å². The van der Waals surface area contributed by atoms with Crippen LogP contribution in [0.4, 0.5) is 4.39 Å². The Balaban J connectivity index is 2.10. The summed E-state index contributed by atoms with van der Waals surface area (Å²) in [4.78, 5) is 37.9. The monoisotopic (exact) mass is 476 g/mol. The van der Waals surface area contributed by atoms with Crippen LogP contribution in [-0.2, 0) is 33.3 Å². The van der Waals surface area contributed by atoms with E-state index in [-0.39, 0.29) is 12.3 Å². The number of azide groups is 1. The van der Waals surface area contributed by atoms with Gasteiger partial charge in [0.15, 0.2) is 18.4 Å². The number of carbonyl (C=O) groups excluding carboxylic acids is 3. The number of hydrogen-bond donors (Lipinski definition) is 0. The quantitative estimate of drug-likeness (QED) is 0.191. The van der Waals surface area contributed by atoms with E-state index in [1.54, 1.807) is 6.07 Å². The van der Waals surface area contributed by atoms with Crippen LogP contribution in [0, 0.1) is 5.82 Å². The van der Waals surface area contributed by atoms with E-state index in [1.165, 1.54) is 36.0 Å². The molecule has 1 aromatic heterocycles. The fourth-order valence-electron chi connectivity index (χ4n) is 3.55. The van der Waals surface area contributed by atoms with E-state index in [4.69, 9.17) is 24.5 Å². The van der Waals surface area contributed by atoms with Gasteiger partial charge in [-0.15, -0.1) is 5.10 Å². The van der Waals surface area contributed by atoms with E-state index in [1.807, 2.05) is 0 Å². The number of carbonyl (C=O) groups is 3. The van der Waals surface area contributed by atoms with Gasteiger partial charge in [0.25, 0.3) is 0 Å². The van der Waals surface area contributed by atoms with Gasteiger partial charge in [0, 0.05) is 31.2 Å². The lowest BCUT2D eigenvalue weighted by Crippen LogP contribution is -2.58. The second-order valence-electron chi connectivity index (χ2n) is 7.31. The van der Waals surface area contributed by atoms with Gasteiger partial charge in [0.05, 0.1) is 6.20 Å². The molecule has 0 spiro atoms. The minimum Gasteiger partial charge on any atom is -0.463 e. The van der Waals surface area contributed by atoms with Crippen LogP contribution < -0.4 is 0 Å². The predicted molar refractivity (Wildman–Crippen MR) is 110 cm³/mol.